The Hall–Kier alpha value is -1.58. The Labute approximate surface area is 121 Å². The van der Waals surface area contributed by atoms with E-state index in [4.69, 9.17) is 0 Å². The van der Waals surface area contributed by atoms with Crippen molar-refractivity contribution < 1.29 is 4.39 Å². The Bertz CT molecular complexity index is 429. The Morgan fingerprint density at radius 1 is 1.20 bits per heavy atom. The smallest absolute Gasteiger partial charge is 0.191 e. The van der Waals surface area contributed by atoms with Crippen molar-refractivity contribution in [3.05, 3.63) is 35.6 Å². The summed E-state index contributed by atoms with van der Waals surface area (Å²) in [6, 6.07) is 7.13. The highest BCUT2D eigenvalue weighted by Gasteiger charge is 2.07. The number of rotatable bonds is 6. The summed E-state index contributed by atoms with van der Waals surface area (Å²) in [7, 11) is 1.73. The molecular weight excluding hydrogens is 253 g/mol. The van der Waals surface area contributed by atoms with Crippen LogP contribution in [0.25, 0.3) is 0 Å². The molecule has 1 aromatic rings. The summed E-state index contributed by atoms with van der Waals surface area (Å²) in [5, 5.41) is 6.47. The largest absolute Gasteiger partial charge is 0.354 e. The van der Waals surface area contributed by atoms with Gasteiger partial charge in [-0.05, 0) is 31.7 Å². The Kier molecular flexibility index (Phi) is 7.05. The van der Waals surface area contributed by atoms with Crippen molar-refractivity contribution in [3.8, 4) is 0 Å². The molecule has 0 aliphatic carbocycles. The number of halogens is 1. The van der Waals surface area contributed by atoms with Crippen molar-refractivity contribution in [2.75, 3.05) is 7.05 Å². The van der Waals surface area contributed by atoms with Crippen molar-refractivity contribution in [1.82, 2.24) is 10.6 Å². The highest BCUT2D eigenvalue weighted by atomic mass is 19.1. The van der Waals surface area contributed by atoms with Gasteiger partial charge in [-0.2, -0.15) is 0 Å². The average molecular weight is 279 g/mol. The third-order valence-electron chi connectivity index (χ3n) is 3.19. The predicted molar refractivity (Wildman–Crippen MR) is 83.3 cm³/mol. The minimum atomic E-state index is -0.191. The first-order valence-corrected chi connectivity index (χ1v) is 7.23. The molecule has 0 saturated heterocycles. The van der Waals surface area contributed by atoms with Gasteiger partial charge < -0.3 is 10.6 Å². The van der Waals surface area contributed by atoms with Crippen LogP contribution in [0.5, 0.6) is 0 Å². The van der Waals surface area contributed by atoms with Gasteiger partial charge in [0.05, 0.1) is 0 Å². The lowest BCUT2D eigenvalue weighted by Crippen LogP contribution is -2.42. The first kappa shape index (κ1) is 16.5. The van der Waals surface area contributed by atoms with E-state index in [-0.39, 0.29) is 5.82 Å². The molecule has 0 saturated carbocycles. The molecule has 0 aliphatic heterocycles. The molecule has 1 atom stereocenters. The van der Waals surface area contributed by atoms with Gasteiger partial charge >= 0.3 is 0 Å². The molecule has 2 N–H and O–H groups in total. The molecule has 0 heterocycles. The number of hydrogen-bond acceptors (Lipinski definition) is 1. The van der Waals surface area contributed by atoms with Crippen LogP contribution in [0.3, 0.4) is 0 Å². The fourth-order valence-corrected chi connectivity index (χ4v) is 1.90. The Morgan fingerprint density at radius 3 is 2.50 bits per heavy atom. The maximum absolute atomic E-state index is 13.5. The van der Waals surface area contributed by atoms with Crippen LogP contribution in [0.15, 0.2) is 29.3 Å². The normalized spacial score (nSPS) is 13.4. The lowest BCUT2D eigenvalue weighted by atomic mass is 10.0. The van der Waals surface area contributed by atoms with E-state index in [1.807, 2.05) is 6.07 Å². The number of guanidine groups is 1. The minimum Gasteiger partial charge on any atom is -0.354 e. The predicted octanol–water partition coefficient (Wildman–Crippen LogP) is 3.32. The van der Waals surface area contributed by atoms with Gasteiger partial charge in [-0.25, -0.2) is 4.39 Å². The first-order chi connectivity index (χ1) is 9.52. The van der Waals surface area contributed by atoms with Gasteiger partial charge in [0, 0.05) is 25.2 Å². The van der Waals surface area contributed by atoms with Gasteiger partial charge in [0.2, 0.25) is 0 Å². The molecule has 0 bridgehead atoms. The monoisotopic (exact) mass is 279 g/mol. The SMILES string of the molecule is CN=C(NCc1ccccc1F)NC(C)CCC(C)C. The molecule has 0 aromatic heterocycles. The van der Waals surface area contributed by atoms with Crippen LogP contribution in [0, 0.1) is 11.7 Å². The molecule has 1 aromatic carbocycles. The van der Waals surface area contributed by atoms with Crippen LogP contribution in [0.2, 0.25) is 0 Å². The van der Waals surface area contributed by atoms with Crippen molar-refractivity contribution in [2.45, 2.75) is 46.2 Å². The maximum atomic E-state index is 13.5. The van der Waals surface area contributed by atoms with Crippen molar-refractivity contribution in [2.24, 2.45) is 10.9 Å². The fraction of sp³-hybridized carbons (Fsp3) is 0.562. The van der Waals surface area contributed by atoms with Crippen LogP contribution in [0.4, 0.5) is 4.39 Å². The highest BCUT2D eigenvalue weighted by Crippen LogP contribution is 2.07. The minimum absolute atomic E-state index is 0.191. The zero-order chi connectivity index (χ0) is 15.0. The Morgan fingerprint density at radius 2 is 1.90 bits per heavy atom. The average Bonchev–Trinajstić information content (AvgIpc) is 2.42. The van der Waals surface area contributed by atoms with Gasteiger partial charge in [-0.1, -0.05) is 32.0 Å². The van der Waals surface area contributed by atoms with Gasteiger partial charge in [0.1, 0.15) is 5.82 Å². The number of benzene rings is 1. The standard InChI is InChI=1S/C16H26FN3/c1-12(2)9-10-13(3)20-16(18-4)19-11-14-7-5-6-8-15(14)17/h5-8,12-13H,9-11H2,1-4H3,(H2,18,19,20). The zero-order valence-electron chi connectivity index (χ0n) is 12.9. The molecule has 20 heavy (non-hydrogen) atoms. The molecule has 1 unspecified atom stereocenters. The quantitative estimate of drug-likeness (QED) is 0.619. The van der Waals surface area contributed by atoms with Gasteiger partial charge in [-0.15, -0.1) is 0 Å². The number of nitrogens with zero attached hydrogens (tertiary/aromatic N) is 1. The van der Waals surface area contributed by atoms with E-state index in [9.17, 15) is 4.39 Å². The number of hydrogen-bond donors (Lipinski definition) is 2. The van der Waals surface area contributed by atoms with Crippen LogP contribution >= 0.6 is 0 Å². The van der Waals surface area contributed by atoms with Crippen LogP contribution in [-0.4, -0.2) is 19.0 Å². The van der Waals surface area contributed by atoms with Crippen LogP contribution in [-0.2, 0) is 6.54 Å². The molecule has 0 spiro atoms. The Balaban J connectivity index is 2.42. The molecule has 0 fully saturated rings. The molecule has 0 radical (unpaired) electrons. The molecular formula is C16H26FN3. The maximum Gasteiger partial charge on any atom is 0.191 e. The summed E-state index contributed by atoms with van der Waals surface area (Å²) in [6.45, 7) is 7.01. The summed E-state index contributed by atoms with van der Waals surface area (Å²) in [5.41, 5.74) is 0.644. The van der Waals surface area contributed by atoms with E-state index >= 15 is 0 Å². The van der Waals surface area contributed by atoms with Crippen LogP contribution < -0.4 is 10.6 Å². The molecule has 112 valence electrons. The second kappa shape index (κ2) is 8.56. The second-order valence-corrected chi connectivity index (χ2v) is 5.53. The third-order valence-corrected chi connectivity index (χ3v) is 3.19. The van der Waals surface area contributed by atoms with Crippen LogP contribution in [0.1, 0.15) is 39.2 Å². The summed E-state index contributed by atoms with van der Waals surface area (Å²) in [4.78, 5) is 4.17. The van der Waals surface area contributed by atoms with Crippen molar-refractivity contribution >= 4 is 5.96 Å². The van der Waals surface area contributed by atoms with Gasteiger partial charge in [-0.3, -0.25) is 4.99 Å². The molecule has 3 nitrogen and oxygen atoms in total. The van der Waals surface area contributed by atoms with Crippen molar-refractivity contribution in [3.63, 3.8) is 0 Å². The van der Waals surface area contributed by atoms with E-state index in [1.165, 1.54) is 12.5 Å². The first-order valence-electron chi connectivity index (χ1n) is 7.23. The van der Waals surface area contributed by atoms with Gasteiger partial charge in [0.15, 0.2) is 5.96 Å². The molecule has 0 aliphatic rings. The third kappa shape index (κ3) is 6.04. The van der Waals surface area contributed by atoms with E-state index < -0.39 is 0 Å². The van der Waals surface area contributed by atoms with Gasteiger partial charge in [0.25, 0.3) is 0 Å². The number of aliphatic imine (C=N–C) groups is 1. The molecule has 4 heteroatoms. The fourth-order valence-electron chi connectivity index (χ4n) is 1.90. The summed E-state index contributed by atoms with van der Waals surface area (Å²) in [6.07, 6.45) is 2.27. The highest BCUT2D eigenvalue weighted by molar-refractivity contribution is 5.79. The molecule has 1 rings (SSSR count). The lowest BCUT2D eigenvalue weighted by molar-refractivity contribution is 0.488. The second-order valence-electron chi connectivity index (χ2n) is 5.53. The van der Waals surface area contributed by atoms with E-state index in [1.54, 1.807) is 19.2 Å². The lowest BCUT2D eigenvalue weighted by Gasteiger charge is -2.18. The summed E-state index contributed by atoms with van der Waals surface area (Å²) < 4.78 is 13.5. The van der Waals surface area contributed by atoms with E-state index in [2.05, 4.69) is 36.4 Å². The van der Waals surface area contributed by atoms with E-state index in [0.717, 1.165) is 6.42 Å². The summed E-state index contributed by atoms with van der Waals surface area (Å²) >= 11 is 0. The molecule has 0 amide bonds. The topological polar surface area (TPSA) is 36.4 Å². The summed E-state index contributed by atoms with van der Waals surface area (Å²) in [5.74, 6) is 1.22. The zero-order valence-corrected chi connectivity index (χ0v) is 12.9. The van der Waals surface area contributed by atoms with Crippen molar-refractivity contribution in [1.29, 1.82) is 0 Å². The number of nitrogens with one attached hydrogen (secondary N) is 2. The van der Waals surface area contributed by atoms with E-state index in [0.29, 0.717) is 30.0 Å².